The summed E-state index contributed by atoms with van der Waals surface area (Å²) in [5.41, 5.74) is 8.26. The second kappa shape index (κ2) is 6.86. The van der Waals surface area contributed by atoms with Gasteiger partial charge >= 0.3 is 0 Å². The van der Waals surface area contributed by atoms with Crippen LogP contribution in [0.3, 0.4) is 0 Å². The molecule has 0 bridgehead atoms. The lowest BCUT2D eigenvalue weighted by molar-refractivity contribution is -0.120. The molecule has 2 aromatic carbocycles. The Morgan fingerprint density at radius 2 is 1.42 bits per heavy atom. The number of aryl methyl sites for hydroxylation is 1. The highest BCUT2D eigenvalue weighted by Crippen LogP contribution is 2.07. The fraction of sp³-hybridized carbons (Fsp3) is 0.235. The van der Waals surface area contributed by atoms with Crippen molar-refractivity contribution < 1.29 is 4.79 Å². The van der Waals surface area contributed by atoms with Crippen LogP contribution in [0.4, 0.5) is 0 Å². The molecular formula is C17H19NO. The standard InChI is InChI=1S/C17H19NO/c18-16(13-15-9-5-2-6-10-15)17(19)12-11-14-7-3-1-4-8-14/h1-10,16H,11-13,18H2. The third kappa shape index (κ3) is 4.34. The highest BCUT2D eigenvalue weighted by Gasteiger charge is 2.13. The molecule has 0 aliphatic heterocycles. The summed E-state index contributed by atoms with van der Waals surface area (Å²) in [4.78, 5) is 12.0. The first-order chi connectivity index (χ1) is 9.25. The Labute approximate surface area is 114 Å². The quantitative estimate of drug-likeness (QED) is 0.860. The van der Waals surface area contributed by atoms with Crippen molar-refractivity contribution in [2.24, 2.45) is 5.73 Å². The van der Waals surface area contributed by atoms with Crippen molar-refractivity contribution in [1.82, 2.24) is 0 Å². The summed E-state index contributed by atoms with van der Waals surface area (Å²) in [6.45, 7) is 0. The normalized spacial score (nSPS) is 12.1. The highest BCUT2D eigenvalue weighted by molar-refractivity contribution is 5.84. The van der Waals surface area contributed by atoms with Crippen molar-refractivity contribution in [3.63, 3.8) is 0 Å². The fourth-order valence-electron chi connectivity index (χ4n) is 2.08. The van der Waals surface area contributed by atoms with Gasteiger partial charge in [-0.15, -0.1) is 0 Å². The van der Waals surface area contributed by atoms with Crippen LogP contribution in [0.1, 0.15) is 17.5 Å². The average molecular weight is 253 g/mol. The zero-order valence-electron chi connectivity index (χ0n) is 11.0. The van der Waals surface area contributed by atoms with Gasteiger partial charge in [0.2, 0.25) is 0 Å². The number of hydrogen-bond acceptors (Lipinski definition) is 2. The monoisotopic (exact) mass is 253 g/mol. The van der Waals surface area contributed by atoms with E-state index in [0.717, 1.165) is 12.0 Å². The van der Waals surface area contributed by atoms with E-state index >= 15 is 0 Å². The van der Waals surface area contributed by atoms with E-state index in [1.165, 1.54) is 5.56 Å². The molecule has 0 aromatic heterocycles. The lowest BCUT2D eigenvalue weighted by Crippen LogP contribution is -2.32. The molecule has 98 valence electrons. The van der Waals surface area contributed by atoms with Gasteiger partial charge in [0.1, 0.15) is 5.78 Å². The minimum absolute atomic E-state index is 0.132. The minimum Gasteiger partial charge on any atom is -0.321 e. The summed E-state index contributed by atoms with van der Waals surface area (Å²) in [5, 5.41) is 0. The van der Waals surface area contributed by atoms with Crippen LogP contribution in [-0.2, 0) is 17.6 Å². The second-order valence-electron chi connectivity index (χ2n) is 4.75. The Bertz CT molecular complexity index is 507. The van der Waals surface area contributed by atoms with Crippen LogP contribution >= 0.6 is 0 Å². The fourth-order valence-corrected chi connectivity index (χ4v) is 2.08. The van der Waals surface area contributed by atoms with E-state index in [0.29, 0.717) is 12.8 Å². The number of nitrogens with two attached hydrogens (primary N) is 1. The van der Waals surface area contributed by atoms with Gasteiger partial charge in [-0.05, 0) is 24.0 Å². The van der Waals surface area contributed by atoms with Crippen molar-refractivity contribution in [2.45, 2.75) is 25.3 Å². The van der Waals surface area contributed by atoms with Crippen LogP contribution in [0.2, 0.25) is 0 Å². The van der Waals surface area contributed by atoms with Gasteiger partial charge in [0.15, 0.2) is 0 Å². The molecule has 19 heavy (non-hydrogen) atoms. The lowest BCUT2D eigenvalue weighted by Gasteiger charge is -2.10. The Morgan fingerprint density at radius 1 is 0.895 bits per heavy atom. The summed E-state index contributed by atoms with van der Waals surface area (Å²) in [5.74, 6) is 0.132. The number of hydrogen-bond donors (Lipinski definition) is 1. The number of benzene rings is 2. The number of ketones is 1. The molecular weight excluding hydrogens is 234 g/mol. The topological polar surface area (TPSA) is 43.1 Å². The van der Waals surface area contributed by atoms with Gasteiger partial charge in [0, 0.05) is 6.42 Å². The Morgan fingerprint density at radius 3 is 2.00 bits per heavy atom. The summed E-state index contributed by atoms with van der Waals surface area (Å²) in [6.07, 6.45) is 1.90. The zero-order valence-corrected chi connectivity index (χ0v) is 11.0. The van der Waals surface area contributed by atoms with Crippen molar-refractivity contribution >= 4 is 5.78 Å². The molecule has 0 heterocycles. The van der Waals surface area contributed by atoms with E-state index in [1.807, 2.05) is 60.7 Å². The van der Waals surface area contributed by atoms with E-state index in [1.54, 1.807) is 0 Å². The summed E-state index contributed by atoms with van der Waals surface area (Å²) in [7, 11) is 0. The average Bonchev–Trinajstić information content (AvgIpc) is 2.47. The molecule has 2 nitrogen and oxygen atoms in total. The van der Waals surface area contributed by atoms with Gasteiger partial charge < -0.3 is 5.73 Å². The van der Waals surface area contributed by atoms with Crippen LogP contribution in [0, 0.1) is 0 Å². The van der Waals surface area contributed by atoms with Gasteiger partial charge in [-0.1, -0.05) is 60.7 Å². The van der Waals surface area contributed by atoms with Crippen molar-refractivity contribution in [3.05, 3.63) is 71.8 Å². The van der Waals surface area contributed by atoms with Gasteiger partial charge in [-0.2, -0.15) is 0 Å². The molecule has 2 rings (SSSR count). The molecule has 0 spiro atoms. The Hall–Kier alpha value is -1.93. The van der Waals surface area contributed by atoms with Crippen LogP contribution < -0.4 is 5.73 Å². The first-order valence-electron chi connectivity index (χ1n) is 6.62. The smallest absolute Gasteiger partial charge is 0.150 e. The van der Waals surface area contributed by atoms with E-state index < -0.39 is 6.04 Å². The Balaban J connectivity index is 1.83. The van der Waals surface area contributed by atoms with E-state index in [2.05, 4.69) is 0 Å². The molecule has 1 atom stereocenters. The molecule has 0 radical (unpaired) electrons. The van der Waals surface area contributed by atoms with Gasteiger partial charge in [-0.25, -0.2) is 0 Å². The Kier molecular flexibility index (Phi) is 4.87. The summed E-state index contributed by atoms with van der Waals surface area (Å²) >= 11 is 0. The number of carbonyl (C=O) groups is 1. The summed E-state index contributed by atoms with van der Waals surface area (Å²) in [6, 6.07) is 19.5. The predicted molar refractivity (Wildman–Crippen MR) is 77.9 cm³/mol. The van der Waals surface area contributed by atoms with Crippen molar-refractivity contribution in [1.29, 1.82) is 0 Å². The van der Waals surface area contributed by atoms with Gasteiger partial charge in [0.05, 0.1) is 6.04 Å². The second-order valence-corrected chi connectivity index (χ2v) is 4.75. The lowest BCUT2D eigenvalue weighted by atomic mass is 9.99. The van der Waals surface area contributed by atoms with Crippen molar-refractivity contribution in [2.75, 3.05) is 0 Å². The largest absolute Gasteiger partial charge is 0.321 e. The number of rotatable bonds is 6. The highest BCUT2D eigenvalue weighted by atomic mass is 16.1. The maximum Gasteiger partial charge on any atom is 0.150 e. The molecule has 0 saturated heterocycles. The molecule has 0 amide bonds. The molecule has 0 saturated carbocycles. The first-order valence-corrected chi connectivity index (χ1v) is 6.62. The molecule has 2 heteroatoms. The van der Waals surface area contributed by atoms with E-state index in [-0.39, 0.29) is 5.78 Å². The maximum atomic E-state index is 12.0. The molecule has 0 aliphatic rings. The number of Topliss-reactive ketones (excluding diaryl/α,β-unsaturated/α-hetero) is 1. The molecule has 2 N–H and O–H groups in total. The zero-order chi connectivity index (χ0) is 13.5. The minimum atomic E-state index is -0.397. The van der Waals surface area contributed by atoms with Crippen LogP contribution in [-0.4, -0.2) is 11.8 Å². The third-order valence-corrected chi connectivity index (χ3v) is 3.21. The third-order valence-electron chi connectivity index (χ3n) is 3.21. The van der Waals surface area contributed by atoms with Crippen LogP contribution in [0.5, 0.6) is 0 Å². The van der Waals surface area contributed by atoms with Crippen LogP contribution in [0.15, 0.2) is 60.7 Å². The number of carbonyl (C=O) groups excluding carboxylic acids is 1. The van der Waals surface area contributed by atoms with E-state index in [9.17, 15) is 4.79 Å². The SMILES string of the molecule is NC(Cc1ccccc1)C(=O)CCc1ccccc1. The molecule has 2 aromatic rings. The van der Waals surface area contributed by atoms with Crippen molar-refractivity contribution in [3.8, 4) is 0 Å². The maximum absolute atomic E-state index is 12.0. The van der Waals surface area contributed by atoms with Crippen LogP contribution in [0.25, 0.3) is 0 Å². The predicted octanol–water partition coefficient (Wildman–Crippen LogP) is 2.76. The summed E-state index contributed by atoms with van der Waals surface area (Å²) < 4.78 is 0. The first kappa shape index (κ1) is 13.5. The van der Waals surface area contributed by atoms with Gasteiger partial charge in [0.25, 0.3) is 0 Å². The molecule has 0 fully saturated rings. The molecule has 1 unspecified atom stereocenters. The van der Waals surface area contributed by atoms with Gasteiger partial charge in [-0.3, -0.25) is 4.79 Å². The molecule has 0 aliphatic carbocycles. The van der Waals surface area contributed by atoms with E-state index in [4.69, 9.17) is 5.73 Å².